The number of carbonyl (C=O) groups excluding carboxylic acids is 1. The van der Waals surface area contributed by atoms with E-state index in [0.717, 1.165) is 17.6 Å². The number of nitrogens with one attached hydrogen (secondary N) is 2. The highest BCUT2D eigenvalue weighted by atomic mass is 79.9. The van der Waals surface area contributed by atoms with Gasteiger partial charge >= 0.3 is 0 Å². The summed E-state index contributed by atoms with van der Waals surface area (Å²) in [4.78, 5) is 14.1. The van der Waals surface area contributed by atoms with Gasteiger partial charge in [-0.2, -0.15) is 0 Å². The van der Waals surface area contributed by atoms with E-state index in [4.69, 9.17) is 0 Å². The second-order valence-electron chi connectivity index (χ2n) is 4.72. The lowest BCUT2D eigenvalue weighted by atomic mass is 10.2. The van der Waals surface area contributed by atoms with E-state index in [0.29, 0.717) is 12.1 Å². The van der Waals surface area contributed by atoms with Crippen LogP contribution in [0.2, 0.25) is 0 Å². The standard InChI is InChI=1S/C13H17BrFN3O/c1-18-5-4-16-12(8-18)13(19)17-7-9-6-10(14)2-3-11(9)15/h2-3,6,12,16H,4-5,7-8H2,1H3,(H,17,19). The monoisotopic (exact) mass is 329 g/mol. The normalized spacial score (nSPS) is 20.3. The Labute approximate surface area is 120 Å². The van der Waals surface area contributed by atoms with Crippen molar-refractivity contribution in [2.75, 3.05) is 26.7 Å². The molecular formula is C13H17BrFN3O. The summed E-state index contributed by atoms with van der Waals surface area (Å²) >= 11 is 3.29. The average molecular weight is 330 g/mol. The fourth-order valence-corrected chi connectivity index (χ4v) is 2.47. The lowest BCUT2D eigenvalue weighted by molar-refractivity contribution is -0.124. The van der Waals surface area contributed by atoms with Gasteiger partial charge in [-0.3, -0.25) is 4.79 Å². The number of amides is 1. The molecule has 1 aliphatic heterocycles. The van der Waals surface area contributed by atoms with Gasteiger partial charge in [0, 0.05) is 36.2 Å². The molecule has 0 aliphatic carbocycles. The maximum absolute atomic E-state index is 13.5. The van der Waals surface area contributed by atoms with E-state index in [9.17, 15) is 9.18 Å². The van der Waals surface area contributed by atoms with Crippen molar-refractivity contribution < 1.29 is 9.18 Å². The number of hydrogen-bond acceptors (Lipinski definition) is 3. The maximum Gasteiger partial charge on any atom is 0.238 e. The number of piperazine rings is 1. The number of rotatable bonds is 3. The minimum absolute atomic E-state index is 0.0917. The van der Waals surface area contributed by atoms with Crippen LogP contribution in [0.1, 0.15) is 5.56 Å². The molecular weight excluding hydrogens is 313 g/mol. The van der Waals surface area contributed by atoms with Crippen LogP contribution in [0.3, 0.4) is 0 Å². The SMILES string of the molecule is CN1CCNC(C(=O)NCc2cc(Br)ccc2F)C1. The first-order valence-electron chi connectivity index (χ1n) is 6.20. The summed E-state index contributed by atoms with van der Waals surface area (Å²) in [5, 5.41) is 5.92. The molecule has 1 fully saturated rings. The maximum atomic E-state index is 13.5. The fraction of sp³-hybridized carbons (Fsp3) is 0.462. The number of halogens is 2. The van der Waals surface area contributed by atoms with Gasteiger partial charge < -0.3 is 15.5 Å². The molecule has 0 bridgehead atoms. The zero-order valence-electron chi connectivity index (χ0n) is 10.7. The third kappa shape index (κ3) is 3.99. The topological polar surface area (TPSA) is 44.4 Å². The van der Waals surface area contributed by atoms with E-state index in [1.165, 1.54) is 6.07 Å². The van der Waals surface area contributed by atoms with Crippen molar-refractivity contribution in [1.29, 1.82) is 0 Å². The Morgan fingerprint density at radius 1 is 1.63 bits per heavy atom. The smallest absolute Gasteiger partial charge is 0.238 e. The second kappa shape index (κ2) is 6.45. The van der Waals surface area contributed by atoms with Gasteiger partial charge in [-0.15, -0.1) is 0 Å². The van der Waals surface area contributed by atoms with Crippen molar-refractivity contribution in [1.82, 2.24) is 15.5 Å². The lowest BCUT2D eigenvalue weighted by Gasteiger charge is -2.29. The molecule has 1 saturated heterocycles. The molecule has 0 saturated carbocycles. The van der Waals surface area contributed by atoms with Crippen LogP contribution in [0, 0.1) is 5.82 Å². The number of nitrogens with zero attached hydrogens (tertiary/aromatic N) is 1. The Morgan fingerprint density at radius 2 is 2.42 bits per heavy atom. The van der Waals surface area contributed by atoms with E-state index < -0.39 is 0 Å². The molecule has 1 aliphatic rings. The van der Waals surface area contributed by atoms with Crippen molar-refractivity contribution in [2.24, 2.45) is 0 Å². The van der Waals surface area contributed by atoms with Gasteiger partial charge in [0.1, 0.15) is 5.82 Å². The highest BCUT2D eigenvalue weighted by Gasteiger charge is 2.23. The molecule has 1 unspecified atom stereocenters. The highest BCUT2D eigenvalue weighted by molar-refractivity contribution is 9.10. The summed E-state index contributed by atoms with van der Waals surface area (Å²) < 4.78 is 14.3. The molecule has 1 atom stereocenters. The molecule has 4 nitrogen and oxygen atoms in total. The van der Waals surface area contributed by atoms with E-state index in [1.54, 1.807) is 12.1 Å². The first-order chi connectivity index (χ1) is 9.06. The summed E-state index contributed by atoms with van der Waals surface area (Å²) in [7, 11) is 1.98. The first kappa shape index (κ1) is 14.4. The van der Waals surface area contributed by atoms with E-state index in [1.807, 2.05) is 7.05 Å². The number of likely N-dealkylation sites (N-methyl/N-ethyl adjacent to an activating group) is 1. The minimum atomic E-state index is -0.308. The van der Waals surface area contributed by atoms with Gasteiger partial charge in [-0.05, 0) is 25.2 Å². The van der Waals surface area contributed by atoms with Gasteiger partial charge in [0.25, 0.3) is 0 Å². The molecule has 0 spiro atoms. The van der Waals surface area contributed by atoms with Crippen molar-refractivity contribution in [3.05, 3.63) is 34.1 Å². The predicted molar refractivity (Wildman–Crippen MR) is 75.2 cm³/mol. The summed E-state index contributed by atoms with van der Waals surface area (Å²) in [6.07, 6.45) is 0. The zero-order valence-corrected chi connectivity index (χ0v) is 12.3. The summed E-state index contributed by atoms with van der Waals surface area (Å²) in [5.41, 5.74) is 0.479. The molecule has 1 heterocycles. The third-order valence-corrected chi connectivity index (χ3v) is 3.65. The summed E-state index contributed by atoms with van der Waals surface area (Å²) in [6.45, 7) is 2.60. The highest BCUT2D eigenvalue weighted by Crippen LogP contribution is 2.15. The van der Waals surface area contributed by atoms with Gasteiger partial charge in [0.2, 0.25) is 5.91 Å². The Bertz CT molecular complexity index is 469. The molecule has 6 heteroatoms. The number of carbonyl (C=O) groups is 1. The lowest BCUT2D eigenvalue weighted by Crippen LogP contribution is -2.55. The van der Waals surface area contributed by atoms with Crippen molar-refractivity contribution in [2.45, 2.75) is 12.6 Å². The van der Waals surface area contributed by atoms with Crippen molar-refractivity contribution in [3.63, 3.8) is 0 Å². The molecule has 2 N–H and O–H groups in total. The largest absolute Gasteiger partial charge is 0.351 e. The Balaban J connectivity index is 1.91. The van der Waals surface area contributed by atoms with Crippen LogP contribution in [0.5, 0.6) is 0 Å². The van der Waals surface area contributed by atoms with Crippen LogP contribution in [-0.2, 0) is 11.3 Å². The van der Waals surface area contributed by atoms with Crippen LogP contribution in [0.4, 0.5) is 4.39 Å². The van der Waals surface area contributed by atoms with Crippen LogP contribution in [0.25, 0.3) is 0 Å². The van der Waals surface area contributed by atoms with Gasteiger partial charge in [-0.25, -0.2) is 4.39 Å². The van der Waals surface area contributed by atoms with Crippen LogP contribution < -0.4 is 10.6 Å². The van der Waals surface area contributed by atoms with Crippen molar-refractivity contribution >= 4 is 21.8 Å². The van der Waals surface area contributed by atoms with Crippen molar-refractivity contribution in [3.8, 4) is 0 Å². The molecule has 0 radical (unpaired) electrons. The first-order valence-corrected chi connectivity index (χ1v) is 6.99. The van der Waals surface area contributed by atoms with Crippen LogP contribution in [0.15, 0.2) is 22.7 Å². The van der Waals surface area contributed by atoms with Gasteiger partial charge in [-0.1, -0.05) is 15.9 Å². The predicted octanol–water partition coefficient (Wildman–Crippen LogP) is 1.11. The van der Waals surface area contributed by atoms with Gasteiger partial charge in [0.15, 0.2) is 0 Å². The molecule has 1 aromatic carbocycles. The number of hydrogen-bond donors (Lipinski definition) is 2. The van der Waals surface area contributed by atoms with Crippen LogP contribution in [-0.4, -0.2) is 43.5 Å². The Hall–Kier alpha value is -0.980. The Kier molecular flexibility index (Phi) is 4.90. The number of benzene rings is 1. The molecule has 104 valence electrons. The summed E-state index contributed by atoms with van der Waals surface area (Å²) in [6, 6.07) is 4.47. The fourth-order valence-electron chi connectivity index (χ4n) is 2.06. The second-order valence-corrected chi connectivity index (χ2v) is 5.64. The molecule has 1 amide bonds. The molecule has 1 aromatic rings. The van der Waals surface area contributed by atoms with E-state index in [-0.39, 0.29) is 24.3 Å². The summed E-state index contributed by atoms with van der Waals surface area (Å²) in [5.74, 6) is -0.400. The Morgan fingerprint density at radius 3 is 3.16 bits per heavy atom. The quantitative estimate of drug-likeness (QED) is 0.873. The molecule has 2 rings (SSSR count). The average Bonchev–Trinajstić information content (AvgIpc) is 2.39. The van der Waals surface area contributed by atoms with Crippen LogP contribution >= 0.6 is 15.9 Å². The molecule has 19 heavy (non-hydrogen) atoms. The van der Waals surface area contributed by atoms with E-state index >= 15 is 0 Å². The zero-order chi connectivity index (χ0) is 13.8. The van der Waals surface area contributed by atoms with Gasteiger partial charge in [0.05, 0.1) is 6.04 Å². The molecule has 0 aromatic heterocycles. The van der Waals surface area contributed by atoms with E-state index in [2.05, 4.69) is 31.5 Å². The third-order valence-electron chi connectivity index (χ3n) is 3.16. The minimum Gasteiger partial charge on any atom is -0.351 e.